The van der Waals surface area contributed by atoms with Gasteiger partial charge in [-0.25, -0.2) is 0 Å². The van der Waals surface area contributed by atoms with Crippen LogP contribution in [0, 0.1) is 11.3 Å². The van der Waals surface area contributed by atoms with Crippen LogP contribution in [0.2, 0.25) is 0 Å². The lowest BCUT2D eigenvalue weighted by atomic mass is 9.90. The average Bonchev–Trinajstić information content (AvgIpc) is 3.18. The van der Waals surface area contributed by atoms with Crippen molar-refractivity contribution >= 4 is 23.5 Å². The minimum absolute atomic E-state index is 0.122. The molecule has 2 heterocycles. The molecule has 2 aliphatic heterocycles. The number of carbonyl (C=O) groups is 3. The first-order chi connectivity index (χ1) is 11.9. The molecule has 7 nitrogen and oxygen atoms in total. The number of amides is 2. The largest absolute Gasteiger partial charge is 0.495 e. The summed E-state index contributed by atoms with van der Waals surface area (Å²) in [4.78, 5) is 39.7. The summed E-state index contributed by atoms with van der Waals surface area (Å²) in [6, 6.07) is 7.21. The molecule has 2 saturated heterocycles. The van der Waals surface area contributed by atoms with E-state index in [1.807, 2.05) is 12.1 Å². The van der Waals surface area contributed by atoms with E-state index < -0.39 is 17.3 Å². The molecule has 0 saturated carbocycles. The van der Waals surface area contributed by atoms with Gasteiger partial charge in [-0.2, -0.15) is 0 Å². The molecule has 0 spiro atoms. The molecule has 1 aromatic rings. The molecule has 2 atom stereocenters. The van der Waals surface area contributed by atoms with E-state index in [0.717, 1.165) is 0 Å². The normalized spacial score (nSPS) is 26.2. The summed E-state index contributed by atoms with van der Waals surface area (Å²) in [6.45, 7) is 2.56. The molecule has 0 radical (unpaired) electrons. The molecule has 25 heavy (non-hydrogen) atoms. The van der Waals surface area contributed by atoms with Crippen molar-refractivity contribution in [3.05, 3.63) is 24.3 Å². The van der Waals surface area contributed by atoms with Crippen LogP contribution < -0.4 is 9.64 Å². The highest BCUT2D eigenvalue weighted by atomic mass is 16.5. The van der Waals surface area contributed by atoms with Crippen LogP contribution >= 0.6 is 0 Å². The predicted octanol–water partition coefficient (Wildman–Crippen LogP) is 1.37. The van der Waals surface area contributed by atoms with Crippen molar-refractivity contribution < 1.29 is 24.2 Å². The van der Waals surface area contributed by atoms with Gasteiger partial charge in [-0.15, -0.1) is 0 Å². The third-order valence-corrected chi connectivity index (χ3v) is 5.15. The molecule has 134 valence electrons. The number of carboxylic acids is 1. The molecule has 2 unspecified atom stereocenters. The highest BCUT2D eigenvalue weighted by Crippen LogP contribution is 2.35. The quantitative estimate of drug-likeness (QED) is 0.890. The van der Waals surface area contributed by atoms with Gasteiger partial charge in [0.2, 0.25) is 11.8 Å². The van der Waals surface area contributed by atoms with Crippen molar-refractivity contribution in [3.63, 3.8) is 0 Å². The van der Waals surface area contributed by atoms with E-state index in [1.54, 1.807) is 36.0 Å². The maximum absolute atomic E-state index is 12.8. The maximum atomic E-state index is 12.8. The number of methoxy groups -OCH3 is 1. The molecule has 0 aliphatic carbocycles. The highest BCUT2D eigenvalue weighted by molar-refractivity contribution is 6.01. The Hall–Kier alpha value is -2.57. The Labute approximate surface area is 146 Å². The minimum atomic E-state index is -0.902. The minimum Gasteiger partial charge on any atom is -0.495 e. The SMILES string of the molecule is COc1ccccc1N1CC(C(=O)N2CCC(C)(C(=O)O)C2)CC1=O. The Bertz CT molecular complexity index is 719. The monoisotopic (exact) mass is 346 g/mol. The predicted molar refractivity (Wildman–Crippen MR) is 90.4 cm³/mol. The summed E-state index contributed by atoms with van der Waals surface area (Å²) in [6.07, 6.45) is 0.572. The molecule has 2 aliphatic rings. The summed E-state index contributed by atoms with van der Waals surface area (Å²) in [5, 5.41) is 9.31. The van der Waals surface area contributed by atoms with E-state index in [4.69, 9.17) is 4.74 Å². The van der Waals surface area contributed by atoms with Crippen molar-refractivity contribution in [2.45, 2.75) is 19.8 Å². The van der Waals surface area contributed by atoms with Crippen LogP contribution in [0.15, 0.2) is 24.3 Å². The van der Waals surface area contributed by atoms with Gasteiger partial charge in [-0.3, -0.25) is 14.4 Å². The summed E-state index contributed by atoms with van der Waals surface area (Å²) in [5.74, 6) is -1.02. The van der Waals surface area contributed by atoms with Crippen LogP contribution in [-0.2, 0) is 14.4 Å². The van der Waals surface area contributed by atoms with Crippen molar-refractivity contribution in [1.82, 2.24) is 4.90 Å². The zero-order chi connectivity index (χ0) is 18.2. The molecular formula is C18H22N2O5. The van der Waals surface area contributed by atoms with Gasteiger partial charge in [-0.1, -0.05) is 12.1 Å². The van der Waals surface area contributed by atoms with Crippen LogP contribution in [-0.4, -0.2) is 54.5 Å². The van der Waals surface area contributed by atoms with Crippen LogP contribution in [0.5, 0.6) is 5.75 Å². The summed E-state index contributed by atoms with van der Waals surface area (Å²) in [5.41, 5.74) is -0.247. The molecule has 0 aromatic heterocycles. The second-order valence-corrected chi connectivity index (χ2v) is 6.95. The summed E-state index contributed by atoms with van der Waals surface area (Å²) in [7, 11) is 1.54. The van der Waals surface area contributed by atoms with Crippen molar-refractivity contribution in [3.8, 4) is 5.75 Å². The van der Waals surface area contributed by atoms with Gasteiger partial charge in [0.1, 0.15) is 5.75 Å². The number of likely N-dealkylation sites (tertiary alicyclic amines) is 1. The van der Waals surface area contributed by atoms with Gasteiger partial charge in [0.15, 0.2) is 0 Å². The number of nitrogens with zero attached hydrogens (tertiary/aromatic N) is 2. The lowest BCUT2D eigenvalue weighted by molar-refractivity contribution is -0.147. The number of para-hydroxylation sites is 2. The van der Waals surface area contributed by atoms with E-state index in [2.05, 4.69) is 0 Å². The van der Waals surface area contributed by atoms with Gasteiger partial charge < -0.3 is 19.6 Å². The van der Waals surface area contributed by atoms with Gasteiger partial charge in [0.25, 0.3) is 0 Å². The molecule has 2 amide bonds. The highest BCUT2D eigenvalue weighted by Gasteiger charge is 2.45. The fourth-order valence-corrected chi connectivity index (χ4v) is 3.54. The van der Waals surface area contributed by atoms with E-state index >= 15 is 0 Å². The van der Waals surface area contributed by atoms with E-state index in [0.29, 0.717) is 30.9 Å². The number of carboxylic acid groups (broad SMARTS) is 1. The van der Waals surface area contributed by atoms with E-state index in [1.165, 1.54) is 0 Å². The number of hydrogen-bond donors (Lipinski definition) is 1. The second-order valence-electron chi connectivity index (χ2n) is 6.95. The zero-order valence-electron chi connectivity index (χ0n) is 14.4. The Balaban J connectivity index is 1.73. The van der Waals surface area contributed by atoms with Gasteiger partial charge in [0, 0.05) is 26.1 Å². The Morgan fingerprint density at radius 1 is 1.32 bits per heavy atom. The molecular weight excluding hydrogens is 324 g/mol. The maximum Gasteiger partial charge on any atom is 0.311 e. The first-order valence-electron chi connectivity index (χ1n) is 8.31. The Kier molecular flexibility index (Phi) is 4.41. The number of benzene rings is 1. The molecule has 2 fully saturated rings. The molecule has 3 rings (SSSR count). The lowest BCUT2D eigenvalue weighted by Crippen LogP contribution is -2.39. The third-order valence-electron chi connectivity index (χ3n) is 5.15. The van der Waals surface area contributed by atoms with Crippen LogP contribution in [0.3, 0.4) is 0 Å². The van der Waals surface area contributed by atoms with Gasteiger partial charge in [-0.05, 0) is 25.5 Å². The number of hydrogen-bond acceptors (Lipinski definition) is 4. The van der Waals surface area contributed by atoms with Crippen LogP contribution in [0.25, 0.3) is 0 Å². The Morgan fingerprint density at radius 3 is 2.68 bits per heavy atom. The fraction of sp³-hybridized carbons (Fsp3) is 0.500. The summed E-state index contributed by atoms with van der Waals surface area (Å²) >= 11 is 0. The fourth-order valence-electron chi connectivity index (χ4n) is 3.54. The van der Waals surface area contributed by atoms with Crippen LogP contribution in [0.1, 0.15) is 19.8 Å². The topological polar surface area (TPSA) is 87.2 Å². The van der Waals surface area contributed by atoms with Gasteiger partial charge in [0.05, 0.1) is 24.1 Å². The number of carbonyl (C=O) groups excluding carboxylic acids is 2. The number of ether oxygens (including phenoxy) is 1. The smallest absolute Gasteiger partial charge is 0.311 e. The third kappa shape index (κ3) is 3.06. The Morgan fingerprint density at radius 2 is 2.04 bits per heavy atom. The molecule has 0 bridgehead atoms. The standard InChI is InChI=1S/C18H22N2O5/c1-18(17(23)24)7-8-19(11-18)16(22)12-9-15(21)20(10-12)13-5-3-4-6-14(13)25-2/h3-6,12H,7-11H2,1-2H3,(H,23,24). The van der Waals surface area contributed by atoms with E-state index in [-0.39, 0.29) is 24.8 Å². The first kappa shape index (κ1) is 17.3. The lowest BCUT2D eigenvalue weighted by Gasteiger charge is -2.23. The molecule has 1 aromatic carbocycles. The summed E-state index contributed by atoms with van der Waals surface area (Å²) < 4.78 is 5.30. The zero-order valence-corrected chi connectivity index (χ0v) is 14.4. The molecule has 7 heteroatoms. The first-order valence-corrected chi connectivity index (χ1v) is 8.31. The number of anilines is 1. The molecule has 1 N–H and O–H groups in total. The number of aliphatic carboxylic acids is 1. The van der Waals surface area contributed by atoms with Crippen molar-refractivity contribution in [2.75, 3.05) is 31.6 Å². The van der Waals surface area contributed by atoms with E-state index in [9.17, 15) is 19.5 Å². The van der Waals surface area contributed by atoms with Gasteiger partial charge >= 0.3 is 5.97 Å². The van der Waals surface area contributed by atoms with Crippen molar-refractivity contribution in [2.24, 2.45) is 11.3 Å². The second kappa shape index (κ2) is 6.38. The average molecular weight is 346 g/mol. The number of rotatable bonds is 4. The van der Waals surface area contributed by atoms with Crippen molar-refractivity contribution in [1.29, 1.82) is 0 Å². The van der Waals surface area contributed by atoms with Crippen LogP contribution in [0.4, 0.5) is 5.69 Å².